The second-order valence-corrected chi connectivity index (χ2v) is 4.09. The molecular weight excluding hydrogens is 266 g/mol. The molecule has 0 aliphatic rings. The first-order chi connectivity index (χ1) is 9.38. The van der Waals surface area contributed by atoms with Gasteiger partial charge < -0.3 is 9.84 Å². The maximum absolute atomic E-state index is 10.9. The lowest BCUT2D eigenvalue weighted by molar-refractivity contribution is -0.385. The van der Waals surface area contributed by atoms with Crippen LogP contribution in [0.15, 0.2) is 24.3 Å². The molecule has 0 amide bonds. The highest BCUT2D eigenvalue weighted by atomic mass is 16.6. The van der Waals surface area contributed by atoms with Crippen LogP contribution in [-0.2, 0) is 7.05 Å². The Kier molecular flexibility index (Phi) is 3.38. The standard InChI is InChI=1S/C12H11N3O5/c1-7-5-11(14(2)13-7)20-8-3-4-9(12(16)17)10(6-8)15(18)19/h3-6H,1-2H3,(H,16,17). The largest absolute Gasteiger partial charge is 0.477 e. The van der Waals surface area contributed by atoms with Crippen LogP contribution in [0.25, 0.3) is 0 Å². The summed E-state index contributed by atoms with van der Waals surface area (Å²) < 4.78 is 6.94. The third-order valence-corrected chi connectivity index (χ3v) is 2.58. The molecule has 0 spiro atoms. The number of carboxylic acids is 1. The Bertz CT molecular complexity index is 692. The van der Waals surface area contributed by atoms with Gasteiger partial charge in [-0.2, -0.15) is 5.10 Å². The van der Waals surface area contributed by atoms with Crippen LogP contribution in [0.4, 0.5) is 5.69 Å². The van der Waals surface area contributed by atoms with Crippen LogP contribution < -0.4 is 4.74 Å². The molecule has 0 aliphatic carbocycles. The predicted octanol–water partition coefficient (Wildman–Crippen LogP) is 2.13. The van der Waals surface area contributed by atoms with Crippen LogP contribution in [0.2, 0.25) is 0 Å². The van der Waals surface area contributed by atoms with Gasteiger partial charge in [0.05, 0.1) is 16.7 Å². The van der Waals surface area contributed by atoms with E-state index >= 15 is 0 Å². The lowest BCUT2D eigenvalue weighted by atomic mass is 10.2. The fourth-order valence-corrected chi connectivity index (χ4v) is 1.71. The van der Waals surface area contributed by atoms with Gasteiger partial charge in [0.2, 0.25) is 5.88 Å². The molecule has 0 radical (unpaired) electrons. The highest BCUT2D eigenvalue weighted by Crippen LogP contribution is 2.28. The molecule has 1 aromatic carbocycles. The number of nitro benzene ring substituents is 1. The van der Waals surface area contributed by atoms with E-state index < -0.39 is 16.6 Å². The molecule has 0 saturated carbocycles. The number of benzene rings is 1. The Morgan fingerprint density at radius 3 is 2.65 bits per heavy atom. The van der Waals surface area contributed by atoms with Crippen molar-refractivity contribution >= 4 is 11.7 Å². The number of ether oxygens (including phenoxy) is 1. The minimum Gasteiger partial charge on any atom is -0.477 e. The van der Waals surface area contributed by atoms with Crippen LogP contribution in [0.3, 0.4) is 0 Å². The van der Waals surface area contributed by atoms with E-state index in [-0.39, 0.29) is 11.3 Å². The zero-order chi connectivity index (χ0) is 14.9. The van der Waals surface area contributed by atoms with Gasteiger partial charge in [0.1, 0.15) is 11.3 Å². The first kappa shape index (κ1) is 13.5. The summed E-state index contributed by atoms with van der Waals surface area (Å²) in [4.78, 5) is 21.0. The molecule has 0 saturated heterocycles. The van der Waals surface area contributed by atoms with E-state index in [0.717, 1.165) is 17.8 Å². The molecule has 8 heteroatoms. The van der Waals surface area contributed by atoms with Gasteiger partial charge in [-0.1, -0.05) is 0 Å². The van der Waals surface area contributed by atoms with Gasteiger partial charge in [-0.3, -0.25) is 10.1 Å². The molecule has 1 heterocycles. The molecule has 8 nitrogen and oxygen atoms in total. The van der Waals surface area contributed by atoms with Gasteiger partial charge in [0.15, 0.2) is 0 Å². The molecule has 0 bridgehead atoms. The SMILES string of the molecule is Cc1cc(Oc2ccc(C(=O)O)c([N+](=O)[O-])c2)n(C)n1. The lowest BCUT2D eigenvalue weighted by Gasteiger charge is -2.06. The first-order valence-corrected chi connectivity index (χ1v) is 5.58. The zero-order valence-corrected chi connectivity index (χ0v) is 10.7. The number of carboxylic acid groups (broad SMARTS) is 1. The molecule has 0 fully saturated rings. The van der Waals surface area contributed by atoms with E-state index in [0.29, 0.717) is 5.88 Å². The first-order valence-electron chi connectivity index (χ1n) is 5.58. The number of nitrogens with zero attached hydrogens (tertiary/aromatic N) is 3. The third kappa shape index (κ3) is 2.58. The molecule has 104 valence electrons. The maximum Gasteiger partial charge on any atom is 0.342 e. The molecule has 0 aliphatic heterocycles. The van der Waals surface area contributed by atoms with E-state index in [1.807, 2.05) is 0 Å². The minimum atomic E-state index is -1.36. The van der Waals surface area contributed by atoms with Gasteiger partial charge in [0, 0.05) is 13.1 Å². The summed E-state index contributed by atoms with van der Waals surface area (Å²) in [6.45, 7) is 1.78. The summed E-state index contributed by atoms with van der Waals surface area (Å²) >= 11 is 0. The number of aryl methyl sites for hydroxylation is 2. The van der Waals surface area contributed by atoms with Crippen molar-refractivity contribution < 1.29 is 19.6 Å². The number of hydrogen-bond donors (Lipinski definition) is 1. The predicted molar refractivity (Wildman–Crippen MR) is 68.1 cm³/mol. The van der Waals surface area contributed by atoms with Crippen molar-refractivity contribution in [3.8, 4) is 11.6 Å². The highest BCUT2D eigenvalue weighted by Gasteiger charge is 2.21. The summed E-state index contributed by atoms with van der Waals surface area (Å²) in [5.74, 6) is -0.788. The van der Waals surface area contributed by atoms with Gasteiger partial charge in [-0.05, 0) is 19.1 Å². The van der Waals surface area contributed by atoms with Crippen molar-refractivity contribution in [1.29, 1.82) is 0 Å². The number of rotatable bonds is 4. The molecule has 0 unspecified atom stereocenters. The van der Waals surface area contributed by atoms with Gasteiger partial charge >= 0.3 is 5.97 Å². The van der Waals surface area contributed by atoms with Crippen LogP contribution in [-0.4, -0.2) is 25.8 Å². The second kappa shape index (κ2) is 5.00. The van der Waals surface area contributed by atoms with Crippen LogP contribution >= 0.6 is 0 Å². The van der Waals surface area contributed by atoms with Crippen LogP contribution in [0.1, 0.15) is 16.1 Å². The smallest absolute Gasteiger partial charge is 0.342 e. The Balaban J connectivity index is 2.39. The number of carbonyl (C=O) groups is 1. The minimum absolute atomic E-state index is 0.171. The second-order valence-electron chi connectivity index (χ2n) is 4.09. The van der Waals surface area contributed by atoms with E-state index in [1.165, 1.54) is 10.7 Å². The normalized spacial score (nSPS) is 10.3. The molecular formula is C12H11N3O5. The average molecular weight is 277 g/mol. The van der Waals surface area contributed by atoms with E-state index in [9.17, 15) is 14.9 Å². The molecule has 2 aromatic rings. The quantitative estimate of drug-likeness (QED) is 0.677. The van der Waals surface area contributed by atoms with Crippen molar-refractivity contribution in [2.45, 2.75) is 6.92 Å². The van der Waals surface area contributed by atoms with Crippen molar-refractivity contribution in [3.63, 3.8) is 0 Å². The van der Waals surface area contributed by atoms with Crippen molar-refractivity contribution in [2.24, 2.45) is 7.05 Å². The summed E-state index contributed by atoms with van der Waals surface area (Å²) in [5.41, 5.74) is -0.170. The third-order valence-electron chi connectivity index (χ3n) is 2.58. The van der Waals surface area contributed by atoms with Crippen molar-refractivity contribution in [2.75, 3.05) is 0 Å². The summed E-state index contributed by atoms with van der Waals surface area (Å²) in [5, 5.41) is 23.8. The Morgan fingerprint density at radius 1 is 1.45 bits per heavy atom. The van der Waals surface area contributed by atoms with Gasteiger partial charge in [0.25, 0.3) is 5.69 Å². The molecule has 0 atom stereocenters. The van der Waals surface area contributed by atoms with Gasteiger partial charge in [-0.25, -0.2) is 9.48 Å². The topological polar surface area (TPSA) is 107 Å². The fourth-order valence-electron chi connectivity index (χ4n) is 1.71. The Morgan fingerprint density at radius 2 is 2.15 bits per heavy atom. The zero-order valence-electron chi connectivity index (χ0n) is 10.7. The van der Waals surface area contributed by atoms with Crippen LogP contribution in [0.5, 0.6) is 11.6 Å². The number of hydrogen-bond acceptors (Lipinski definition) is 5. The molecule has 2 rings (SSSR count). The number of nitro groups is 1. The Hall–Kier alpha value is -2.90. The number of aromatic carboxylic acids is 1. The fraction of sp³-hybridized carbons (Fsp3) is 0.167. The highest BCUT2D eigenvalue weighted by molar-refractivity contribution is 5.92. The van der Waals surface area contributed by atoms with Crippen LogP contribution in [0, 0.1) is 17.0 Å². The van der Waals surface area contributed by atoms with Gasteiger partial charge in [-0.15, -0.1) is 0 Å². The number of aromatic nitrogens is 2. The average Bonchev–Trinajstić information content (AvgIpc) is 2.67. The van der Waals surface area contributed by atoms with E-state index in [2.05, 4.69) is 5.10 Å². The summed E-state index contributed by atoms with van der Waals surface area (Å²) in [6, 6.07) is 5.24. The van der Waals surface area contributed by atoms with E-state index in [4.69, 9.17) is 9.84 Å². The molecule has 1 N–H and O–H groups in total. The van der Waals surface area contributed by atoms with Crippen molar-refractivity contribution in [1.82, 2.24) is 9.78 Å². The Labute approximate surface area is 113 Å². The van der Waals surface area contributed by atoms with Crippen molar-refractivity contribution in [3.05, 3.63) is 45.6 Å². The maximum atomic E-state index is 10.9. The monoisotopic (exact) mass is 277 g/mol. The summed E-state index contributed by atoms with van der Waals surface area (Å²) in [7, 11) is 1.67. The van der Waals surface area contributed by atoms with E-state index in [1.54, 1.807) is 20.0 Å². The summed E-state index contributed by atoms with van der Waals surface area (Å²) in [6.07, 6.45) is 0. The molecule has 20 heavy (non-hydrogen) atoms. The lowest BCUT2D eigenvalue weighted by Crippen LogP contribution is -2.03. The molecule has 1 aromatic heterocycles.